The molecule has 5 nitrogen and oxygen atoms in total. The van der Waals surface area contributed by atoms with Gasteiger partial charge in [-0.15, -0.1) is 12.4 Å². The fourth-order valence-electron chi connectivity index (χ4n) is 3.39. The van der Waals surface area contributed by atoms with Crippen molar-refractivity contribution in [3.05, 3.63) is 23.8 Å². The zero-order valence-electron chi connectivity index (χ0n) is 13.0. The van der Waals surface area contributed by atoms with Gasteiger partial charge >= 0.3 is 0 Å². The minimum absolute atomic E-state index is 0. The quantitative estimate of drug-likeness (QED) is 0.924. The fourth-order valence-corrected chi connectivity index (χ4v) is 3.39. The monoisotopic (exact) mass is 326 g/mol. The smallest absolute Gasteiger partial charge is 0.254 e. The molecule has 2 aliphatic rings. The van der Waals surface area contributed by atoms with E-state index in [1.807, 2.05) is 0 Å². The predicted octanol–water partition coefficient (Wildman–Crippen LogP) is 2.09. The van der Waals surface area contributed by atoms with Crippen molar-refractivity contribution in [1.29, 1.82) is 0 Å². The molecule has 22 heavy (non-hydrogen) atoms. The highest BCUT2D eigenvalue weighted by Crippen LogP contribution is 2.31. The van der Waals surface area contributed by atoms with E-state index in [2.05, 4.69) is 10.2 Å². The van der Waals surface area contributed by atoms with Gasteiger partial charge in [0.25, 0.3) is 5.91 Å². The normalized spacial score (nSPS) is 23.5. The number of carbonyl (C=O) groups excluding carboxylic acids is 1. The zero-order valence-corrected chi connectivity index (χ0v) is 13.8. The third-order valence-electron chi connectivity index (χ3n) is 4.49. The summed E-state index contributed by atoms with van der Waals surface area (Å²) in [5.74, 6) is 1.39. The predicted molar refractivity (Wildman–Crippen MR) is 87.3 cm³/mol. The minimum Gasteiger partial charge on any atom is -0.497 e. The molecular weight excluding hydrogens is 304 g/mol. The number of carbonyl (C=O) groups is 1. The summed E-state index contributed by atoms with van der Waals surface area (Å²) in [7, 11) is 3.20. The van der Waals surface area contributed by atoms with Crippen LogP contribution in [0.3, 0.4) is 0 Å². The Labute approximate surface area is 137 Å². The van der Waals surface area contributed by atoms with Crippen LogP contribution in [-0.4, -0.2) is 50.2 Å². The van der Waals surface area contributed by atoms with Crippen molar-refractivity contribution < 1.29 is 14.3 Å². The van der Waals surface area contributed by atoms with Crippen molar-refractivity contribution in [1.82, 2.24) is 10.2 Å². The second kappa shape index (κ2) is 7.20. The molecule has 0 aliphatic carbocycles. The van der Waals surface area contributed by atoms with Crippen LogP contribution in [0.4, 0.5) is 0 Å². The number of hydrogen-bond donors (Lipinski definition) is 1. The molecule has 1 N–H and O–H groups in total. The van der Waals surface area contributed by atoms with E-state index in [4.69, 9.17) is 9.47 Å². The van der Waals surface area contributed by atoms with Gasteiger partial charge in [-0.25, -0.2) is 0 Å². The van der Waals surface area contributed by atoms with E-state index in [0.717, 1.165) is 32.4 Å². The van der Waals surface area contributed by atoms with E-state index in [9.17, 15) is 4.79 Å². The molecule has 0 radical (unpaired) electrons. The maximum absolute atomic E-state index is 12.9. The van der Waals surface area contributed by atoms with Gasteiger partial charge in [-0.3, -0.25) is 4.79 Å². The van der Waals surface area contributed by atoms with Gasteiger partial charge in [0.05, 0.1) is 14.2 Å². The Morgan fingerprint density at radius 2 is 1.73 bits per heavy atom. The molecule has 2 fully saturated rings. The summed E-state index contributed by atoms with van der Waals surface area (Å²) in [6.45, 7) is 1.88. The Balaban J connectivity index is 0.00000176. The van der Waals surface area contributed by atoms with Crippen molar-refractivity contribution in [2.24, 2.45) is 0 Å². The lowest BCUT2D eigenvalue weighted by molar-refractivity contribution is 0.0679. The molecule has 2 atom stereocenters. The van der Waals surface area contributed by atoms with E-state index in [0.29, 0.717) is 29.1 Å². The van der Waals surface area contributed by atoms with E-state index >= 15 is 0 Å². The highest BCUT2D eigenvalue weighted by atomic mass is 35.5. The highest BCUT2D eigenvalue weighted by Gasteiger charge is 2.38. The second-order valence-electron chi connectivity index (χ2n) is 5.69. The van der Waals surface area contributed by atoms with Crippen LogP contribution in [0, 0.1) is 0 Å². The number of ether oxygens (including phenoxy) is 2. The van der Waals surface area contributed by atoms with Crippen molar-refractivity contribution in [2.75, 3.05) is 27.3 Å². The van der Waals surface area contributed by atoms with E-state index in [1.54, 1.807) is 32.4 Å². The van der Waals surface area contributed by atoms with Gasteiger partial charge in [-0.2, -0.15) is 0 Å². The second-order valence-corrected chi connectivity index (χ2v) is 5.69. The Kier molecular flexibility index (Phi) is 5.53. The molecule has 3 rings (SSSR count). The zero-order chi connectivity index (χ0) is 14.8. The van der Waals surface area contributed by atoms with E-state index in [-0.39, 0.29) is 18.3 Å². The minimum atomic E-state index is 0. The Morgan fingerprint density at radius 3 is 2.36 bits per heavy atom. The molecule has 2 heterocycles. The molecule has 122 valence electrons. The van der Waals surface area contributed by atoms with Crippen molar-refractivity contribution >= 4 is 18.3 Å². The largest absolute Gasteiger partial charge is 0.497 e. The molecule has 1 aromatic rings. The number of halogens is 1. The number of methoxy groups -OCH3 is 2. The number of benzene rings is 1. The summed E-state index contributed by atoms with van der Waals surface area (Å²) in [5, 5.41) is 3.42. The maximum atomic E-state index is 12.9. The Hall–Kier alpha value is -1.46. The van der Waals surface area contributed by atoms with Crippen molar-refractivity contribution in [3.63, 3.8) is 0 Å². The fraction of sp³-hybridized carbons (Fsp3) is 0.562. The summed E-state index contributed by atoms with van der Waals surface area (Å²) >= 11 is 0. The highest BCUT2D eigenvalue weighted by molar-refractivity contribution is 5.95. The number of rotatable bonds is 3. The molecule has 2 aliphatic heterocycles. The third kappa shape index (κ3) is 3.15. The first-order chi connectivity index (χ1) is 10.2. The molecule has 0 spiro atoms. The maximum Gasteiger partial charge on any atom is 0.254 e. The number of amides is 1. The first-order valence-corrected chi connectivity index (χ1v) is 7.49. The lowest BCUT2D eigenvalue weighted by Gasteiger charge is -2.28. The average molecular weight is 327 g/mol. The van der Waals surface area contributed by atoms with Crippen molar-refractivity contribution in [3.8, 4) is 11.5 Å². The molecule has 2 bridgehead atoms. The van der Waals surface area contributed by atoms with Gasteiger partial charge in [0.15, 0.2) is 0 Å². The summed E-state index contributed by atoms with van der Waals surface area (Å²) in [6, 6.07) is 6.04. The molecule has 2 unspecified atom stereocenters. The molecule has 1 amide bonds. The molecule has 2 saturated heterocycles. The lowest BCUT2D eigenvalue weighted by atomic mass is 10.1. The summed E-state index contributed by atoms with van der Waals surface area (Å²) < 4.78 is 10.5. The first-order valence-electron chi connectivity index (χ1n) is 7.49. The summed E-state index contributed by atoms with van der Waals surface area (Å²) in [4.78, 5) is 15.0. The third-order valence-corrected chi connectivity index (χ3v) is 4.49. The van der Waals surface area contributed by atoms with Crippen LogP contribution in [0.15, 0.2) is 18.2 Å². The molecular formula is C16H23ClN2O3. The van der Waals surface area contributed by atoms with Crippen LogP contribution in [0.2, 0.25) is 0 Å². The standard InChI is InChI=1S/C16H22N2O3.ClH/c1-20-14-7-11(8-15(9-14)21-2)16(19)18-12-3-4-13(18)10-17-6-5-12;/h7-9,12-13,17H,3-6,10H2,1-2H3;1H. The van der Waals surface area contributed by atoms with Crippen LogP contribution >= 0.6 is 12.4 Å². The van der Waals surface area contributed by atoms with E-state index < -0.39 is 0 Å². The van der Waals surface area contributed by atoms with Gasteiger partial charge in [0.2, 0.25) is 0 Å². The topological polar surface area (TPSA) is 50.8 Å². The Bertz CT molecular complexity index is 502. The molecule has 1 aromatic carbocycles. The molecule has 0 saturated carbocycles. The van der Waals surface area contributed by atoms with Gasteiger partial charge in [0.1, 0.15) is 11.5 Å². The Morgan fingerprint density at radius 1 is 1.09 bits per heavy atom. The number of nitrogens with one attached hydrogen (secondary N) is 1. The van der Waals surface area contributed by atoms with E-state index in [1.165, 1.54) is 0 Å². The lowest BCUT2D eigenvalue weighted by Crippen LogP contribution is -2.42. The molecule has 0 aromatic heterocycles. The summed E-state index contributed by atoms with van der Waals surface area (Å²) in [5.41, 5.74) is 0.644. The van der Waals surface area contributed by atoms with Crippen LogP contribution in [0.5, 0.6) is 11.5 Å². The SMILES string of the molecule is COc1cc(OC)cc(C(=O)N2C3CCNCC2CC3)c1.Cl. The van der Waals surface area contributed by atoms with Crippen molar-refractivity contribution in [2.45, 2.75) is 31.3 Å². The number of nitrogens with zero attached hydrogens (tertiary/aromatic N) is 1. The van der Waals surface area contributed by atoms with Gasteiger partial charge in [-0.05, 0) is 37.9 Å². The van der Waals surface area contributed by atoms with Crippen LogP contribution < -0.4 is 14.8 Å². The summed E-state index contributed by atoms with van der Waals surface area (Å²) in [6.07, 6.45) is 3.23. The van der Waals surface area contributed by atoms with Crippen LogP contribution in [-0.2, 0) is 0 Å². The van der Waals surface area contributed by atoms with Crippen LogP contribution in [0.25, 0.3) is 0 Å². The average Bonchev–Trinajstić information content (AvgIpc) is 2.78. The van der Waals surface area contributed by atoms with Gasteiger partial charge < -0.3 is 19.7 Å². The van der Waals surface area contributed by atoms with Gasteiger partial charge in [0, 0.05) is 30.3 Å². The number of fused-ring (bicyclic) bond motifs is 2. The van der Waals surface area contributed by atoms with Crippen LogP contribution in [0.1, 0.15) is 29.6 Å². The van der Waals surface area contributed by atoms with Gasteiger partial charge in [-0.1, -0.05) is 0 Å². The molecule has 6 heteroatoms. The first kappa shape index (κ1) is 16.9. The number of hydrogen-bond acceptors (Lipinski definition) is 4.